The summed E-state index contributed by atoms with van der Waals surface area (Å²) in [4.78, 5) is 69.4. The van der Waals surface area contributed by atoms with Crippen LogP contribution in [0.3, 0.4) is 0 Å². The largest absolute Gasteiger partial charge is 0.298 e. The molecule has 4 heterocycles. The average Bonchev–Trinajstić information content (AvgIpc) is 3.91. The zero-order valence-corrected chi connectivity index (χ0v) is 34.9. The van der Waals surface area contributed by atoms with Gasteiger partial charge in [-0.15, -0.1) is 12.8 Å². The number of para-hydroxylation sites is 2. The summed E-state index contributed by atoms with van der Waals surface area (Å²) >= 11 is 0. The van der Waals surface area contributed by atoms with Gasteiger partial charge in [-0.2, -0.15) is 0 Å². The normalized spacial score (nSPS) is 29.7. The number of nitrogens with zero attached hydrogens (tertiary/aromatic N) is 4. The van der Waals surface area contributed by atoms with Crippen molar-refractivity contribution < 1.29 is 19.2 Å². The van der Waals surface area contributed by atoms with E-state index >= 15 is 19.2 Å². The molecule has 0 unspecified atom stereocenters. The Balaban J connectivity index is 1.08. The van der Waals surface area contributed by atoms with Crippen molar-refractivity contribution >= 4 is 34.8 Å². The maximum Gasteiger partial charge on any atom is 0.254 e. The Bertz CT molecular complexity index is 2680. The van der Waals surface area contributed by atoms with E-state index in [1.165, 1.54) is 0 Å². The lowest BCUT2D eigenvalue weighted by Crippen LogP contribution is -2.61. The molecule has 5 aromatic rings. The van der Waals surface area contributed by atoms with Crippen LogP contribution in [0.2, 0.25) is 0 Å². The quantitative estimate of drug-likeness (QED) is 0.180. The minimum atomic E-state index is -1.29. The van der Waals surface area contributed by atoms with Gasteiger partial charge in [-0.3, -0.25) is 38.8 Å². The molecule has 6 aliphatic rings. The first-order valence-electron chi connectivity index (χ1n) is 21.6. The number of amides is 2. The molecule has 8 heteroatoms. The summed E-state index contributed by atoms with van der Waals surface area (Å²) in [7, 11) is 3.95. The van der Waals surface area contributed by atoms with Crippen molar-refractivity contribution in [1.29, 1.82) is 0 Å². The fourth-order valence-corrected chi connectivity index (χ4v) is 13.7. The molecule has 2 saturated heterocycles. The molecule has 62 heavy (non-hydrogen) atoms. The predicted octanol–water partition coefficient (Wildman–Crippen LogP) is 7.13. The first kappa shape index (κ1) is 38.3. The summed E-state index contributed by atoms with van der Waals surface area (Å²) in [6.45, 7) is 1.12. The van der Waals surface area contributed by atoms with E-state index in [1.54, 1.807) is 9.80 Å². The second-order valence-corrected chi connectivity index (χ2v) is 18.1. The molecule has 0 radical (unpaired) electrons. The highest BCUT2D eigenvalue weighted by Crippen LogP contribution is 2.69. The first-order valence-corrected chi connectivity index (χ1v) is 21.6. The molecule has 2 fully saturated rings. The number of likely N-dealkylation sites (tertiary alicyclic amines) is 2. The van der Waals surface area contributed by atoms with Crippen molar-refractivity contribution in [3.05, 3.63) is 166 Å². The number of ketones is 2. The van der Waals surface area contributed by atoms with E-state index in [9.17, 15) is 0 Å². The molecular formula is C54H46N4O4. The van der Waals surface area contributed by atoms with E-state index in [-0.39, 0.29) is 48.3 Å². The number of hydrogen-bond donors (Lipinski definition) is 0. The molecule has 306 valence electrons. The number of anilines is 2. The van der Waals surface area contributed by atoms with Gasteiger partial charge in [-0.25, -0.2) is 0 Å². The molecule has 2 amide bonds. The molecule has 11 rings (SSSR count). The van der Waals surface area contributed by atoms with Crippen LogP contribution in [0, 0.1) is 35.5 Å². The van der Waals surface area contributed by atoms with Gasteiger partial charge in [-0.1, -0.05) is 121 Å². The number of carbonyl (C=O) groups is 4. The van der Waals surface area contributed by atoms with E-state index in [4.69, 9.17) is 12.8 Å². The summed E-state index contributed by atoms with van der Waals surface area (Å²) in [5, 5.41) is 0. The number of likely N-dealkylation sites (N-methyl/N-ethyl adjacent to an activating group) is 2. The Morgan fingerprint density at radius 1 is 0.532 bits per heavy atom. The molecule has 0 bridgehead atoms. The highest BCUT2D eigenvalue weighted by Gasteiger charge is 2.76. The standard InChI is InChI=1S/C54H46N4O4/c1-5-31-57-45-21-13-11-19-41(45)53(49(57)61)51(29-27-35-15-7-9-17-39(35)47(51)59)43(33-55(53)3)37-23-25-38(26-24-37)44-34-56(4)54(42-20-12-14-22-46(42)58(32-6-2)50(54)62)52(44)30-28-36-16-8-10-18-40(36)48(52)60/h1-2,7-26,43-44H,27-34H2,3-4H3/t43-,44+,51+,52-,53+,54-. The van der Waals surface area contributed by atoms with Crippen LogP contribution in [-0.4, -0.2) is 73.5 Å². The van der Waals surface area contributed by atoms with Crippen molar-refractivity contribution in [2.24, 2.45) is 10.8 Å². The number of hydrogen-bond acceptors (Lipinski definition) is 6. The molecule has 4 spiro atoms. The van der Waals surface area contributed by atoms with Crippen LogP contribution >= 0.6 is 0 Å². The highest BCUT2D eigenvalue weighted by molar-refractivity contribution is 6.17. The third-order valence-corrected chi connectivity index (χ3v) is 16.0. The first-order chi connectivity index (χ1) is 30.1. The topological polar surface area (TPSA) is 81.2 Å². The van der Waals surface area contributed by atoms with Gasteiger partial charge in [0.15, 0.2) is 11.6 Å². The average molecular weight is 815 g/mol. The lowest BCUT2D eigenvalue weighted by molar-refractivity contribution is -0.133. The van der Waals surface area contributed by atoms with Gasteiger partial charge in [0.25, 0.3) is 11.8 Å². The second-order valence-electron chi connectivity index (χ2n) is 18.1. The molecule has 8 nitrogen and oxygen atoms in total. The van der Waals surface area contributed by atoms with Crippen LogP contribution in [0.15, 0.2) is 121 Å². The van der Waals surface area contributed by atoms with E-state index in [1.807, 2.05) is 111 Å². The Morgan fingerprint density at radius 2 is 0.903 bits per heavy atom. The van der Waals surface area contributed by atoms with E-state index in [2.05, 4.69) is 45.9 Å². The second kappa shape index (κ2) is 13.5. The lowest BCUT2D eigenvalue weighted by Gasteiger charge is -2.49. The highest BCUT2D eigenvalue weighted by atomic mass is 16.2. The molecule has 2 aliphatic carbocycles. The van der Waals surface area contributed by atoms with E-state index < -0.39 is 21.9 Å². The summed E-state index contributed by atoms with van der Waals surface area (Å²) in [6, 6.07) is 39.7. The summed E-state index contributed by atoms with van der Waals surface area (Å²) in [6.07, 6.45) is 14.0. The number of benzene rings is 5. The Kier molecular flexibility index (Phi) is 8.32. The van der Waals surface area contributed by atoms with Gasteiger partial charge < -0.3 is 0 Å². The van der Waals surface area contributed by atoms with Crippen LogP contribution in [0.25, 0.3) is 0 Å². The van der Waals surface area contributed by atoms with Crippen LogP contribution in [0.4, 0.5) is 11.4 Å². The SMILES string of the molecule is C#CCN1C(=O)[C@]2(c3ccccc31)N(C)C[C@H](c1ccc([C@@H]3CN(C)[C@]4(C(=O)N(CC#C)c5ccccc54)[C@]34CCc3ccccc3C4=O)cc1)[C@]21CCc2ccccc2C1=O. The Labute approximate surface area is 362 Å². The zero-order valence-electron chi connectivity index (χ0n) is 34.9. The molecule has 5 aromatic carbocycles. The molecule has 6 atom stereocenters. The summed E-state index contributed by atoms with van der Waals surface area (Å²) in [5.74, 6) is 4.32. The van der Waals surface area contributed by atoms with Gasteiger partial charge in [0.05, 0.1) is 35.3 Å². The van der Waals surface area contributed by atoms with Crippen LogP contribution in [0.5, 0.6) is 0 Å². The molecule has 0 aromatic heterocycles. The number of terminal acetylenes is 2. The van der Waals surface area contributed by atoms with Gasteiger partial charge in [-0.05, 0) is 74.2 Å². The van der Waals surface area contributed by atoms with E-state index in [0.717, 1.165) is 44.8 Å². The predicted molar refractivity (Wildman–Crippen MR) is 239 cm³/mol. The monoisotopic (exact) mass is 814 g/mol. The van der Waals surface area contributed by atoms with E-state index in [0.29, 0.717) is 49.9 Å². The number of aryl methyl sites for hydroxylation is 2. The summed E-state index contributed by atoms with van der Waals surface area (Å²) < 4.78 is 0. The third-order valence-electron chi connectivity index (χ3n) is 16.0. The fraction of sp³-hybridized carbons (Fsp3) is 0.296. The van der Waals surface area contributed by atoms with Crippen molar-refractivity contribution in [1.82, 2.24) is 9.80 Å². The Morgan fingerprint density at radius 3 is 1.31 bits per heavy atom. The lowest BCUT2D eigenvalue weighted by atomic mass is 9.53. The molecule has 0 N–H and O–H groups in total. The number of fused-ring (bicyclic) bond motifs is 8. The Hall–Kier alpha value is -6.58. The molecular weight excluding hydrogens is 769 g/mol. The number of rotatable bonds is 4. The zero-order chi connectivity index (χ0) is 42.8. The van der Waals surface area contributed by atoms with Crippen LogP contribution in [-0.2, 0) is 33.5 Å². The summed E-state index contributed by atoms with van der Waals surface area (Å²) in [5.41, 5.74) is 3.43. The maximum atomic E-state index is 15.6. The minimum absolute atomic E-state index is 0.0248. The molecule has 0 saturated carbocycles. The van der Waals surface area contributed by atoms with Gasteiger partial charge >= 0.3 is 0 Å². The van der Waals surface area contributed by atoms with Gasteiger partial charge in [0.2, 0.25) is 0 Å². The van der Waals surface area contributed by atoms with Crippen LogP contribution < -0.4 is 9.80 Å². The third kappa shape index (κ3) is 4.36. The van der Waals surface area contributed by atoms with Gasteiger partial charge in [0.1, 0.15) is 11.1 Å². The number of carbonyl (C=O) groups excluding carboxylic acids is 4. The fourth-order valence-electron chi connectivity index (χ4n) is 13.7. The van der Waals surface area contributed by atoms with Crippen molar-refractivity contribution in [2.45, 2.75) is 48.6 Å². The maximum absolute atomic E-state index is 15.6. The van der Waals surface area contributed by atoms with Gasteiger partial charge in [0, 0.05) is 47.2 Å². The minimum Gasteiger partial charge on any atom is -0.298 e. The van der Waals surface area contributed by atoms with Crippen LogP contribution in [0.1, 0.15) is 78.8 Å². The molecule has 4 aliphatic heterocycles. The van der Waals surface area contributed by atoms with Crippen molar-refractivity contribution in [3.63, 3.8) is 0 Å². The van der Waals surface area contributed by atoms with Crippen molar-refractivity contribution in [3.8, 4) is 24.7 Å². The number of Topliss-reactive ketones (excluding diaryl/α,β-unsaturated/α-hetero) is 2. The smallest absolute Gasteiger partial charge is 0.254 e. The van der Waals surface area contributed by atoms with Crippen molar-refractivity contribution in [2.75, 3.05) is 50.1 Å².